The monoisotopic (exact) mass is 224 g/mol. The zero-order chi connectivity index (χ0) is 12.2. The van der Waals surface area contributed by atoms with E-state index in [-0.39, 0.29) is 0 Å². The minimum atomic E-state index is 0.375. The van der Waals surface area contributed by atoms with Crippen LogP contribution in [0.5, 0.6) is 0 Å². The van der Waals surface area contributed by atoms with E-state index in [1.165, 1.54) is 38.5 Å². The van der Waals surface area contributed by atoms with Crippen molar-refractivity contribution < 1.29 is 4.79 Å². The van der Waals surface area contributed by atoms with E-state index in [9.17, 15) is 4.79 Å². The number of ketones is 1. The van der Waals surface area contributed by atoms with Gasteiger partial charge in [0, 0.05) is 12.8 Å². The van der Waals surface area contributed by atoms with Gasteiger partial charge in [-0.25, -0.2) is 0 Å². The van der Waals surface area contributed by atoms with Gasteiger partial charge in [-0.15, -0.1) is 0 Å². The molecule has 0 aromatic carbocycles. The molecule has 16 heavy (non-hydrogen) atoms. The summed E-state index contributed by atoms with van der Waals surface area (Å²) in [6.45, 7) is 8.16. The van der Waals surface area contributed by atoms with E-state index in [4.69, 9.17) is 0 Å². The highest BCUT2D eigenvalue weighted by molar-refractivity contribution is 5.80. The first kappa shape index (κ1) is 15.4. The van der Waals surface area contributed by atoms with Crippen molar-refractivity contribution in [2.75, 3.05) is 0 Å². The maximum atomic E-state index is 11.5. The first-order valence-electron chi connectivity index (χ1n) is 6.89. The minimum absolute atomic E-state index is 0.375. The van der Waals surface area contributed by atoms with Gasteiger partial charge in [-0.3, -0.25) is 4.79 Å². The number of rotatable bonds is 11. The lowest BCUT2D eigenvalue weighted by Gasteiger charge is -2.02. The normalized spacial score (nSPS) is 10.4. The van der Waals surface area contributed by atoms with Crippen molar-refractivity contribution in [2.45, 2.75) is 78.1 Å². The number of Topliss-reactive ketones (excluding diaryl/α,β-unsaturated/α-hetero) is 1. The number of hydrogen-bond donors (Lipinski definition) is 0. The Labute approximate surface area is 101 Å². The van der Waals surface area contributed by atoms with E-state index in [0.29, 0.717) is 12.2 Å². The fraction of sp³-hybridized carbons (Fsp3) is 0.800. The zero-order valence-electron chi connectivity index (χ0n) is 11.2. The molecule has 0 saturated carbocycles. The van der Waals surface area contributed by atoms with Crippen LogP contribution in [0.4, 0.5) is 0 Å². The average molecular weight is 224 g/mol. The van der Waals surface area contributed by atoms with E-state index in [0.717, 1.165) is 24.8 Å². The first-order chi connectivity index (χ1) is 7.70. The van der Waals surface area contributed by atoms with Gasteiger partial charge in [0.05, 0.1) is 0 Å². The topological polar surface area (TPSA) is 17.1 Å². The molecule has 0 aliphatic carbocycles. The molecular weight excluding hydrogens is 196 g/mol. The second-order valence-corrected chi connectivity index (χ2v) is 4.69. The van der Waals surface area contributed by atoms with E-state index in [1.54, 1.807) is 0 Å². The van der Waals surface area contributed by atoms with Crippen molar-refractivity contribution in [1.82, 2.24) is 0 Å². The Kier molecular flexibility index (Phi) is 10.5. The molecule has 0 heterocycles. The molecule has 0 unspecified atom stereocenters. The summed E-state index contributed by atoms with van der Waals surface area (Å²) in [5.74, 6) is 0.375. The number of carbonyl (C=O) groups is 1. The lowest BCUT2D eigenvalue weighted by Crippen LogP contribution is -1.98. The Bertz CT molecular complexity index is 194. The summed E-state index contributed by atoms with van der Waals surface area (Å²) in [6.07, 6.45) is 11.2. The average Bonchev–Trinajstić information content (AvgIpc) is 2.27. The van der Waals surface area contributed by atoms with E-state index >= 15 is 0 Å². The third-order valence-electron chi connectivity index (χ3n) is 3.01. The predicted molar refractivity (Wildman–Crippen MR) is 71.7 cm³/mol. The molecule has 0 aliphatic rings. The summed E-state index contributed by atoms with van der Waals surface area (Å²) in [6, 6.07) is 0. The molecule has 0 amide bonds. The van der Waals surface area contributed by atoms with Crippen LogP contribution in [0.25, 0.3) is 0 Å². The SMILES string of the molecule is C=C(CC)CC(=O)CCCCCCCCC. The van der Waals surface area contributed by atoms with Crippen molar-refractivity contribution in [1.29, 1.82) is 0 Å². The third-order valence-corrected chi connectivity index (χ3v) is 3.01. The van der Waals surface area contributed by atoms with Crippen molar-refractivity contribution in [3.05, 3.63) is 12.2 Å². The van der Waals surface area contributed by atoms with Gasteiger partial charge in [-0.2, -0.15) is 0 Å². The van der Waals surface area contributed by atoms with Crippen molar-refractivity contribution in [2.24, 2.45) is 0 Å². The molecule has 0 radical (unpaired) electrons. The number of unbranched alkanes of at least 4 members (excludes halogenated alkanes) is 6. The van der Waals surface area contributed by atoms with Crippen LogP contribution in [0.1, 0.15) is 78.1 Å². The number of allylic oxidation sites excluding steroid dienone is 1. The van der Waals surface area contributed by atoms with Crippen LogP contribution in [0.3, 0.4) is 0 Å². The molecule has 1 nitrogen and oxygen atoms in total. The summed E-state index contributed by atoms with van der Waals surface area (Å²) in [5, 5.41) is 0. The summed E-state index contributed by atoms with van der Waals surface area (Å²) in [4.78, 5) is 11.5. The van der Waals surface area contributed by atoms with E-state index in [1.807, 2.05) is 0 Å². The maximum Gasteiger partial charge on any atom is 0.136 e. The molecule has 0 bridgehead atoms. The van der Waals surface area contributed by atoms with Gasteiger partial charge < -0.3 is 0 Å². The Balaban J connectivity index is 3.24. The van der Waals surface area contributed by atoms with Gasteiger partial charge >= 0.3 is 0 Å². The molecular formula is C15H28O. The van der Waals surface area contributed by atoms with Crippen LogP contribution >= 0.6 is 0 Å². The molecule has 0 aliphatic heterocycles. The van der Waals surface area contributed by atoms with Gasteiger partial charge in [0.1, 0.15) is 5.78 Å². The maximum absolute atomic E-state index is 11.5. The third kappa shape index (κ3) is 9.95. The Morgan fingerprint density at radius 1 is 0.938 bits per heavy atom. The Hall–Kier alpha value is -0.590. The summed E-state index contributed by atoms with van der Waals surface area (Å²) in [7, 11) is 0. The molecule has 0 N–H and O–H groups in total. The fourth-order valence-corrected chi connectivity index (χ4v) is 1.77. The number of hydrogen-bond acceptors (Lipinski definition) is 1. The van der Waals surface area contributed by atoms with Crippen molar-refractivity contribution >= 4 is 5.78 Å². The quantitative estimate of drug-likeness (QED) is 0.354. The highest BCUT2D eigenvalue weighted by Gasteiger charge is 2.02. The molecule has 0 spiro atoms. The van der Waals surface area contributed by atoms with Crippen molar-refractivity contribution in [3.8, 4) is 0 Å². The van der Waals surface area contributed by atoms with Crippen molar-refractivity contribution in [3.63, 3.8) is 0 Å². The van der Waals surface area contributed by atoms with E-state index < -0.39 is 0 Å². The standard InChI is InChI=1S/C15H28O/c1-4-6-7-8-9-10-11-12-15(16)13-14(3)5-2/h3-13H2,1-2H3. The predicted octanol–water partition coefficient (Wildman–Crippen LogP) is 5.05. The molecule has 0 aromatic rings. The fourth-order valence-electron chi connectivity index (χ4n) is 1.77. The van der Waals surface area contributed by atoms with Gasteiger partial charge in [-0.05, 0) is 12.8 Å². The molecule has 0 rings (SSSR count). The Morgan fingerprint density at radius 2 is 1.50 bits per heavy atom. The molecule has 0 fully saturated rings. The molecule has 0 atom stereocenters. The second kappa shape index (κ2) is 10.9. The lowest BCUT2D eigenvalue weighted by molar-refractivity contribution is -0.118. The minimum Gasteiger partial charge on any atom is -0.299 e. The van der Waals surface area contributed by atoms with Crippen LogP contribution in [0, 0.1) is 0 Å². The second-order valence-electron chi connectivity index (χ2n) is 4.69. The van der Waals surface area contributed by atoms with Gasteiger partial charge in [0.15, 0.2) is 0 Å². The first-order valence-corrected chi connectivity index (χ1v) is 6.89. The van der Waals surface area contributed by atoms with Crippen LogP contribution in [0.2, 0.25) is 0 Å². The molecule has 94 valence electrons. The van der Waals surface area contributed by atoms with Crippen LogP contribution in [0.15, 0.2) is 12.2 Å². The highest BCUT2D eigenvalue weighted by Crippen LogP contribution is 2.11. The van der Waals surface area contributed by atoms with Gasteiger partial charge in [0.25, 0.3) is 0 Å². The van der Waals surface area contributed by atoms with Gasteiger partial charge in [0.2, 0.25) is 0 Å². The largest absolute Gasteiger partial charge is 0.299 e. The van der Waals surface area contributed by atoms with E-state index in [2.05, 4.69) is 20.4 Å². The molecule has 0 saturated heterocycles. The number of carbonyl (C=O) groups excluding carboxylic acids is 1. The van der Waals surface area contributed by atoms with Gasteiger partial charge in [-0.1, -0.05) is 64.5 Å². The highest BCUT2D eigenvalue weighted by atomic mass is 16.1. The van der Waals surface area contributed by atoms with Crippen LogP contribution in [-0.2, 0) is 4.79 Å². The smallest absolute Gasteiger partial charge is 0.136 e. The van der Waals surface area contributed by atoms with Crippen LogP contribution < -0.4 is 0 Å². The van der Waals surface area contributed by atoms with Crippen LogP contribution in [-0.4, -0.2) is 5.78 Å². The molecule has 0 aromatic heterocycles. The summed E-state index contributed by atoms with van der Waals surface area (Å²) >= 11 is 0. The molecule has 1 heteroatoms. The zero-order valence-corrected chi connectivity index (χ0v) is 11.2. The summed E-state index contributed by atoms with van der Waals surface area (Å²) in [5.41, 5.74) is 1.08. The Morgan fingerprint density at radius 3 is 2.06 bits per heavy atom. The summed E-state index contributed by atoms with van der Waals surface area (Å²) < 4.78 is 0. The lowest BCUT2D eigenvalue weighted by atomic mass is 10.0.